The zero-order chi connectivity index (χ0) is 18.4. The van der Waals surface area contributed by atoms with Crippen LogP contribution in [-0.4, -0.2) is 20.9 Å². The SMILES string of the molecule is Cc1sc2nc([C@H](C)OC(=O)c3c[nH]c4ccccc34)[nH]c(=O)c2c1C. The third-order valence-corrected chi connectivity index (χ3v) is 5.64. The normalized spacial score (nSPS) is 12.6. The molecule has 26 heavy (non-hydrogen) atoms. The zero-order valence-electron chi connectivity index (χ0n) is 14.5. The molecule has 6 nitrogen and oxygen atoms in total. The summed E-state index contributed by atoms with van der Waals surface area (Å²) in [6.07, 6.45) is 0.960. The van der Waals surface area contributed by atoms with E-state index in [4.69, 9.17) is 4.74 Å². The number of aromatic amines is 2. The van der Waals surface area contributed by atoms with Crippen LogP contribution in [0.2, 0.25) is 0 Å². The van der Waals surface area contributed by atoms with E-state index in [0.29, 0.717) is 21.6 Å². The maximum absolute atomic E-state index is 12.6. The molecule has 0 aliphatic carbocycles. The average Bonchev–Trinajstić information content (AvgIpc) is 3.16. The summed E-state index contributed by atoms with van der Waals surface area (Å²) in [6.45, 7) is 5.57. The molecule has 0 aliphatic rings. The first-order valence-electron chi connectivity index (χ1n) is 8.22. The summed E-state index contributed by atoms with van der Waals surface area (Å²) in [7, 11) is 0. The molecular formula is C19H17N3O3S. The smallest absolute Gasteiger partial charge is 0.341 e. The predicted molar refractivity (Wildman–Crippen MR) is 102 cm³/mol. The molecule has 0 bridgehead atoms. The lowest BCUT2D eigenvalue weighted by Gasteiger charge is -2.12. The Morgan fingerprint density at radius 1 is 1.27 bits per heavy atom. The van der Waals surface area contributed by atoms with Crippen molar-refractivity contribution in [3.05, 3.63) is 62.6 Å². The summed E-state index contributed by atoms with van der Waals surface area (Å²) in [6, 6.07) is 7.51. The van der Waals surface area contributed by atoms with Gasteiger partial charge in [-0.15, -0.1) is 11.3 Å². The van der Waals surface area contributed by atoms with Crippen LogP contribution in [0, 0.1) is 13.8 Å². The van der Waals surface area contributed by atoms with Crippen LogP contribution in [0.1, 0.15) is 39.7 Å². The molecule has 7 heteroatoms. The van der Waals surface area contributed by atoms with Gasteiger partial charge in [0.15, 0.2) is 11.9 Å². The number of benzene rings is 1. The number of H-pyrrole nitrogens is 2. The molecule has 3 aromatic heterocycles. The molecule has 4 rings (SSSR count). The van der Waals surface area contributed by atoms with Crippen molar-refractivity contribution >= 4 is 38.4 Å². The number of ether oxygens (including phenoxy) is 1. The Labute approximate surface area is 152 Å². The van der Waals surface area contributed by atoms with Gasteiger partial charge >= 0.3 is 5.97 Å². The number of fused-ring (bicyclic) bond motifs is 2. The number of carbonyl (C=O) groups excluding carboxylic acids is 1. The highest BCUT2D eigenvalue weighted by Crippen LogP contribution is 2.27. The Hall–Kier alpha value is -2.93. The number of nitrogens with one attached hydrogen (secondary N) is 2. The first kappa shape index (κ1) is 16.5. The van der Waals surface area contributed by atoms with Crippen molar-refractivity contribution in [3.63, 3.8) is 0 Å². The molecule has 0 radical (unpaired) electrons. The summed E-state index contributed by atoms with van der Waals surface area (Å²) < 4.78 is 5.54. The van der Waals surface area contributed by atoms with E-state index in [1.807, 2.05) is 38.1 Å². The highest BCUT2D eigenvalue weighted by Gasteiger charge is 2.20. The number of nitrogens with zero attached hydrogens (tertiary/aromatic N) is 1. The molecule has 4 aromatic rings. The second-order valence-corrected chi connectivity index (χ2v) is 7.41. The number of aromatic nitrogens is 3. The van der Waals surface area contributed by atoms with Crippen LogP contribution in [0.4, 0.5) is 0 Å². The molecule has 1 atom stereocenters. The molecule has 1 aromatic carbocycles. The van der Waals surface area contributed by atoms with Gasteiger partial charge < -0.3 is 14.7 Å². The standard InChI is InChI=1S/C19H17N3O3S/c1-9-11(3)26-18-15(9)17(23)21-16(22-18)10(2)25-19(24)13-8-20-14-7-5-4-6-12(13)14/h4-8,10,20H,1-3H3,(H,21,22,23)/t10-/m0/s1. The fourth-order valence-electron chi connectivity index (χ4n) is 2.98. The monoisotopic (exact) mass is 367 g/mol. The summed E-state index contributed by atoms with van der Waals surface area (Å²) in [5.41, 5.74) is 2.05. The maximum Gasteiger partial charge on any atom is 0.341 e. The summed E-state index contributed by atoms with van der Waals surface area (Å²) in [5, 5.41) is 1.40. The van der Waals surface area contributed by atoms with Crippen LogP contribution in [0.25, 0.3) is 21.1 Å². The van der Waals surface area contributed by atoms with Gasteiger partial charge in [-0.1, -0.05) is 18.2 Å². The van der Waals surface area contributed by atoms with Crippen molar-refractivity contribution < 1.29 is 9.53 Å². The highest BCUT2D eigenvalue weighted by molar-refractivity contribution is 7.18. The number of esters is 1. The van der Waals surface area contributed by atoms with Crippen LogP contribution >= 0.6 is 11.3 Å². The molecule has 0 unspecified atom stereocenters. The van der Waals surface area contributed by atoms with Crippen molar-refractivity contribution in [1.82, 2.24) is 15.0 Å². The van der Waals surface area contributed by atoms with E-state index in [1.54, 1.807) is 13.1 Å². The quantitative estimate of drug-likeness (QED) is 0.536. The van der Waals surface area contributed by atoms with E-state index in [-0.39, 0.29) is 5.56 Å². The van der Waals surface area contributed by atoms with Gasteiger partial charge in [0, 0.05) is 22.0 Å². The lowest BCUT2D eigenvalue weighted by atomic mass is 10.2. The Bertz CT molecular complexity index is 1200. The lowest BCUT2D eigenvalue weighted by Crippen LogP contribution is -2.17. The molecule has 0 aliphatic heterocycles. The van der Waals surface area contributed by atoms with Crippen LogP contribution in [0.5, 0.6) is 0 Å². The summed E-state index contributed by atoms with van der Waals surface area (Å²) >= 11 is 1.47. The Kier molecular flexibility index (Phi) is 3.88. The molecule has 0 fully saturated rings. The van der Waals surface area contributed by atoms with Gasteiger partial charge in [-0.05, 0) is 32.4 Å². The van der Waals surface area contributed by atoms with Crippen molar-refractivity contribution in [2.24, 2.45) is 0 Å². The summed E-state index contributed by atoms with van der Waals surface area (Å²) in [4.78, 5) is 37.0. The van der Waals surface area contributed by atoms with E-state index in [1.165, 1.54) is 11.3 Å². The van der Waals surface area contributed by atoms with Gasteiger partial charge in [0.25, 0.3) is 5.56 Å². The van der Waals surface area contributed by atoms with Crippen molar-refractivity contribution in [3.8, 4) is 0 Å². The van der Waals surface area contributed by atoms with Gasteiger partial charge in [-0.2, -0.15) is 0 Å². The number of hydrogen-bond acceptors (Lipinski definition) is 5. The zero-order valence-corrected chi connectivity index (χ0v) is 15.4. The van der Waals surface area contributed by atoms with Crippen LogP contribution < -0.4 is 5.56 Å². The number of carbonyl (C=O) groups is 1. The minimum absolute atomic E-state index is 0.207. The van der Waals surface area contributed by atoms with Crippen molar-refractivity contribution in [2.75, 3.05) is 0 Å². The molecule has 132 valence electrons. The van der Waals surface area contributed by atoms with E-state index >= 15 is 0 Å². The lowest BCUT2D eigenvalue weighted by molar-refractivity contribution is 0.0322. The van der Waals surface area contributed by atoms with E-state index in [9.17, 15) is 9.59 Å². The highest BCUT2D eigenvalue weighted by atomic mass is 32.1. The fraction of sp³-hybridized carbons (Fsp3) is 0.211. The number of thiophene rings is 1. The van der Waals surface area contributed by atoms with Crippen LogP contribution in [-0.2, 0) is 4.74 Å². The number of aryl methyl sites for hydroxylation is 2. The second kappa shape index (κ2) is 6.10. The molecule has 2 N–H and O–H groups in total. The van der Waals surface area contributed by atoms with E-state index in [2.05, 4.69) is 15.0 Å². The molecule has 0 spiro atoms. The Morgan fingerprint density at radius 3 is 2.85 bits per heavy atom. The molecule has 0 amide bonds. The van der Waals surface area contributed by atoms with Crippen LogP contribution in [0.15, 0.2) is 35.3 Å². The number of hydrogen-bond donors (Lipinski definition) is 2. The minimum atomic E-state index is -0.670. The van der Waals surface area contributed by atoms with E-state index < -0.39 is 12.1 Å². The molecule has 0 saturated carbocycles. The molecule has 0 saturated heterocycles. The average molecular weight is 367 g/mol. The minimum Gasteiger partial charge on any atom is -0.451 e. The molecular weight excluding hydrogens is 350 g/mol. The third kappa shape index (κ3) is 2.61. The molecule has 3 heterocycles. The van der Waals surface area contributed by atoms with Crippen molar-refractivity contribution in [1.29, 1.82) is 0 Å². The first-order chi connectivity index (χ1) is 12.5. The van der Waals surface area contributed by atoms with Gasteiger partial charge in [-0.3, -0.25) is 4.79 Å². The number of rotatable bonds is 3. The second-order valence-electron chi connectivity index (χ2n) is 6.21. The summed E-state index contributed by atoms with van der Waals surface area (Å²) in [5.74, 6) is -0.117. The van der Waals surface area contributed by atoms with Gasteiger partial charge in [0.2, 0.25) is 0 Å². The van der Waals surface area contributed by atoms with E-state index in [0.717, 1.165) is 21.3 Å². The Morgan fingerprint density at radius 2 is 2.04 bits per heavy atom. The van der Waals surface area contributed by atoms with Gasteiger partial charge in [0.1, 0.15) is 4.83 Å². The maximum atomic E-state index is 12.6. The fourth-order valence-corrected chi connectivity index (χ4v) is 4.02. The number of para-hydroxylation sites is 1. The van der Waals surface area contributed by atoms with Crippen LogP contribution in [0.3, 0.4) is 0 Å². The largest absolute Gasteiger partial charge is 0.451 e. The first-order valence-corrected chi connectivity index (χ1v) is 9.04. The van der Waals surface area contributed by atoms with Gasteiger partial charge in [0.05, 0.1) is 10.9 Å². The van der Waals surface area contributed by atoms with Crippen molar-refractivity contribution in [2.45, 2.75) is 26.9 Å². The topological polar surface area (TPSA) is 87.8 Å². The Balaban J connectivity index is 1.66. The van der Waals surface area contributed by atoms with Gasteiger partial charge in [-0.25, -0.2) is 9.78 Å². The third-order valence-electron chi connectivity index (χ3n) is 4.54. The predicted octanol–water partition coefficient (Wildman–Crippen LogP) is 4.00.